The molecular weight excluding hydrogens is 277 g/mol. The Balaban J connectivity index is 2.46. The molecule has 0 aliphatic rings. The van der Waals surface area contributed by atoms with Crippen molar-refractivity contribution in [1.82, 2.24) is 0 Å². The number of nitrogens with zero attached hydrogens (tertiary/aromatic N) is 1. The van der Waals surface area contributed by atoms with Gasteiger partial charge in [0.25, 0.3) is 0 Å². The average Bonchev–Trinajstić information content (AvgIpc) is 2.46. The van der Waals surface area contributed by atoms with Crippen LogP contribution in [0.2, 0.25) is 5.02 Å². The highest BCUT2D eigenvalue weighted by molar-refractivity contribution is 6.32. The van der Waals surface area contributed by atoms with E-state index in [2.05, 4.69) is 0 Å². The molecule has 0 unspecified atom stereocenters. The van der Waals surface area contributed by atoms with Gasteiger partial charge in [-0.1, -0.05) is 29.8 Å². The fourth-order valence-electron chi connectivity index (χ4n) is 1.78. The number of benzene rings is 2. The molecule has 0 atom stereocenters. The number of methoxy groups -OCH3 is 1. The summed E-state index contributed by atoms with van der Waals surface area (Å²) in [5.41, 5.74) is 1.06. The molecule has 0 spiro atoms. The first-order valence-corrected chi connectivity index (χ1v) is 6.23. The lowest BCUT2D eigenvalue weighted by molar-refractivity contribution is 0.415. The largest absolute Gasteiger partial charge is 0.497 e. The number of nitriles is 1. The molecule has 0 fully saturated rings. The van der Waals surface area contributed by atoms with Crippen molar-refractivity contribution in [2.45, 2.75) is 0 Å². The van der Waals surface area contributed by atoms with Gasteiger partial charge in [-0.15, -0.1) is 0 Å². The van der Waals surface area contributed by atoms with Gasteiger partial charge in [0.1, 0.15) is 11.6 Å². The third kappa shape index (κ3) is 2.98. The van der Waals surface area contributed by atoms with E-state index in [0.717, 1.165) is 5.56 Å². The van der Waals surface area contributed by atoms with Gasteiger partial charge in [0, 0.05) is 5.56 Å². The topological polar surface area (TPSA) is 33.0 Å². The van der Waals surface area contributed by atoms with Crippen molar-refractivity contribution < 1.29 is 9.13 Å². The molecule has 20 heavy (non-hydrogen) atoms. The maximum absolute atomic E-state index is 13.8. The quantitative estimate of drug-likeness (QED) is 0.613. The molecule has 2 aromatic carbocycles. The van der Waals surface area contributed by atoms with Crippen molar-refractivity contribution in [1.29, 1.82) is 5.26 Å². The van der Waals surface area contributed by atoms with Gasteiger partial charge >= 0.3 is 0 Å². The number of hydrogen-bond acceptors (Lipinski definition) is 2. The van der Waals surface area contributed by atoms with E-state index >= 15 is 0 Å². The minimum Gasteiger partial charge on any atom is -0.497 e. The van der Waals surface area contributed by atoms with E-state index < -0.39 is 5.82 Å². The second-order valence-electron chi connectivity index (χ2n) is 4.04. The van der Waals surface area contributed by atoms with Crippen LogP contribution in [-0.2, 0) is 0 Å². The summed E-state index contributed by atoms with van der Waals surface area (Å²) >= 11 is 5.96. The number of halogens is 2. The van der Waals surface area contributed by atoms with Gasteiger partial charge in [-0.2, -0.15) is 5.26 Å². The van der Waals surface area contributed by atoms with E-state index in [4.69, 9.17) is 16.3 Å². The second kappa shape index (κ2) is 6.23. The van der Waals surface area contributed by atoms with Gasteiger partial charge in [-0.3, -0.25) is 0 Å². The minimum atomic E-state index is -0.515. The van der Waals surface area contributed by atoms with Crippen LogP contribution in [0.5, 0.6) is 5.75 Å². The van der Waals surface area contributed by atoms with Crippen LogP contribution in [0.1, 0.15) is 11.1 Å². The lowest BCUT2D eigenvalue weighted by atomic mass is 10.0. The Morgan fingerprint density at radius 3 is 2.50 bits per heavy atom. The molecule has 0 N–H and O–H groups in total. The summed E-state index contributed by atoms with van der Waals surface area (Å²) in [5, 5.41) is 9.44. The van der Waals surface area contributed by atoms with Crippen LogP contribution in [0.3, 0.4) is 0 Å². The Morgan fingerprint density at radius 2 is 1.95 bits per heavy atom. The van der Waals surface area contributed by atoms with Gasteiger partial charge < -0.3 is 4.74 Å². The first-order chi connectivity index (χ1) is 9.65. The van der Waals surface area contributed by atoms with Crippen LogP contribution < -0.4 is 4.74 Å². The monoisotopic (exact) mass is 287 g/mol. The van der Waals surface area contributed by atoms with Crippen molar-refractivity contribution >= 4 is 23.3 Å². The molecule has 0 amide bonds. The minimum absolute atomic E-state index is 0.118. The fourth-order valence-corrected chi connectivity index (χ4v) is 2.05. The zero-order valence-corrected chi connectivity index (χ0v) is 11.5. The summed E-state index contributed by atoms with van der Waals surface area (Å²) in [5.74, 6) is 0.198. The number of hydrogen-bond donors (Lipinski definition) is 0. The zero-order chi connectivity index (χ0) is 14.5. The predicted octanol–water partition coefficient (Wildman–Crippen LogP) is 4.55. The number of allylic oxidation sites excluding steroid dienone is 1. The van der Waals surface area contributed by atoms with E-state index in [1.807, 2.05) is 6.07 Å². The van der Waals surface area contributed by atoms with Crippen molar-refractivity contribution in [3.63, 3.8) is 0 Å². The van der Waals surface area contributed by atoms with Crippen molar-refractivity contribution in [2.24, 2.45) is 0 Å². The Morgan fingerprint density at radius 1 is 1.25 bits per heavy atom. The molecule has 0 heterocycles. The first kappa shape index (κ1) is 14.1. The van der Waals surface area contributed by atoms with E-state index in [0.29, 0.717) is 5.75 Å². The van der Waals surface area contributed by atoms with Gasteiger partial charge in [0.15, 0.2) is 0 Å². The summed E-state index contributed by atoms with van der Waals surface area (Å²) in [6, 6.07) is 13.4. The summed E-state index contributed by atoms with van der Waals surface area (Å²) in [6.07, 6.45) is 1.59. The van der Waals surface area contributed by atoms with Gasteiger partial charge in [0.05, 0.1) is 23.8 Å². The van der Waals surface area contributed by atoms with Crippen LogP contribution in [0.4, 0.5) is 4.39 Å². The molecule has 0 bridgehead atoms. The fraction of sp³-hybridized carbons (Fsp3) is 0.0625. The molecule has 2 nitrogen and oxygen atoms in total. The van der Waals surface area contributed by atoms with E-state index in [-0.39, 0.29) is 16.2 Å². The average molecular weight is 288 g/mol. The molecule has 0 saturated carbocycles. The van der Waals surface area contributed by atoms with Gasteiger partial charge in [-0.05, 0) is 35.9 Å². The van der Waals surface area contributed by atoms with E-state index in [1.165, 1.54) is 12.1 Å². The highest BCUT2D eigenvalue weighted by Gasteiger charge is 2.11. The highest BCUT2D eigenvalue weighted by Crippen LogP contribution is 2.28. The molecule has 0 saturated heterocycles. The summed E-state index contributed by atoms with van der Waals surface area (Å²) in [6.45, 7) is 0. The number of ether oxygens (including phenoxy) is 1. The molecule has 2 aromatic rings. The first-order valence-electron chi connectivity index (χ1n) is 5.86. The van der Waals surface area contributed by atoms with Crippen LogP contribution in [0.25, 0.3) is 11.6 Å². The molecule has 0 aliphatic heterocycles. The second-order valence-corrected chi connectivity index (χ2v) is 4.45. The van der Waals surface area contributed by atoms with Crippen molar-refractivity contribution in [2.75, 3.05) is 7.11 Å². The maximum Gasteiger partial charge on any atom is 0.133 e. The summed E-state index contributed by atoms with van der Waals surface area (Å²) in [4.78, 5) is 0. The zero-order valence-electron chi connectivity index (χ0n) is 10.7. The third-order valence-electron chi connectivity index (χ3n) is 2.78. The Hall–Kier alpha value is -2.31. The van der Waals surface area contributed by atoms with Crippen LogP contribution >= 0.6 is 11.6 Å². The van der Waals surface area contributed by atoms with E-state index in [1.54, 1.807) is 43.5 Å². The maximum atomic E-state index is 13.8. The van der Waals surface area contributed by atoms with Crippen molar-refractivity contribution in [3.05, 3.63) is 64.4 Å². The molecule has 2 rings (SSSR count). The molecular formula is C16H11ClFNO. The normalized spacial score (nSPS) is 11.0. The van der Waals surface area contributed by atoms with Crippen molar-refractivity contribution in [3.8, 4) is 11.8 Å². The van der Waals surface area contributed by atoms with E-state index in [9.17, 15) is 9.65 Å². The van der Waals surface area contributed by atoms with Crippen LogP contribution in [-0.4, -0.2) is 7.11 Å². The summed E-state index contributed by atoms with van der Waals surface area (Å²) < 4.78 is 18.9. The molecule has 4 heteroatoms. The molecule has 100 valence electrons. The lowest BCUT2D eigenvalue weighted by Crippen LogP contribution is -1.90. The Bertz CT molecular complexity index is 666. The SMILES string of the molecule is COc1ccc(/C=C(\C#N)c2c(F)cccc2Cl)cc1. The van der Waals surface area contributed by atoms with Crippen LogP contribution in [0.15, 0.2) is 42.5 Å². The predicted molar refractivity (Wildman–Crippen MR) is 77.9 cm³/mol. The standard InChI is InChI=1S/C16H11ClFNO/c1-20-13-7-5-11(6-8-13)9-12(10-19)16-14(17)3-2-4-15(16)18/h2-9H,1H3/b12-9+. The lowest BCUT2D eigenvalue weighted by Gasteiger charge is -2.05. The molecule has 0 aliphatic carbocycles. The Labute approximate surface area is 121 Å². The number of rotatable bonds is 3. The highest BCUT2D eigenvalue weighted by atomic mass is 35.5. The van der Waals surface area contributed by atoms with Crippen LogP contribution in [0, 0.1) is 17.1 Å². The van der Waals surface area contributed by atoms with Gasteiger partial charge in [0.2, 0.25) is 0 Å². The van der Waals surface area contributed by atoms with Gasteiger partial charge in [-0.25, -0.2) is 4.39 Å². The smallest absolute Gasteiger partial charge is 0.133 e. The third-order valence-corrected chi connectivity index (χ3v) is 3.09. The Kier molecular flexibility index (Phi) is 4.39. The summed E-state index contributed by atoms with van der Waals surface area (Å²) in [7, 11) is 1.57. The molecule has 0 aromatic heterocycles. The molecule has 0 radical (unpaired) electrons.